The summed E-state index contributed by atoms with van der Waals surface area (Å²) in [6.45, 7) is 0.324. The van der Waals surface area contributed by atoms with Gasteiger partial charge in [-0.3, -0.25) is 4.79 Å². The first kappa shape index (κ1) is 15.3. The largest absolute Gasteiger partial charge is 0.494 e. The molecule has 7 heteroatoms. The number of carboxylic acid groups (broad SMARTS) is 1. The highest BCUT2D eigenvalue weighted by molar-refractivity contribution is 5.68. The lowest BCUT2D eigenvalue weighted by Crippen LogP contribution is -2.23. The molecule has 0 saturated carbocycles. The Bertz CT molecular complexity index is 532. The van der Waals surface area contributed by atoms with Gasteiger partial charge in [-0.05, 0) is 30.7 Å². The molecule has 0 saturated heterocycles. The summed E-state index contributed by atoms with van der Waals surface area (Å²) in [7, 11) is 0. The number of nitrogens with two attached hydrogens (primary N) is 2. The van der Waals surface area contributed by atoms with Gasteiger partial charge in [0.2, 0.25) is 0 Å². The van der Waals surface area contributed by atoms with Crippen molar-refractivity contribution in [3.05, 3.63) is 35.5 Å². The predicted octanol–water partition coefficient (Wildman–Crippen LogP) is 0.544. The molecule has 1 rings (SSSR count). The fraction of sp³-hybridized carbons (Fsp3) is 0.231. The molecule has 0 atom stereocenters. The summed E-state index contributed by atoms with van der Waals surface area (Å²) in [6, 6.07) is 8.61. The van der Waals surface area contributed by atoms with Crippen molar-refractivity contribution >= 4 is 11.7 Å². The number of aliphatic carboxylic acids is 1. The third-order valence-corrected chi connectivity index (χ3v) is 2.49. The number of hydrogen-bond acceptors (Lipinski definition) is 6. The molecular formula is C13H16N4O3. The van der Waals surface area contributed by atoms with Gasteiger partial charge in [0.1, 0.15) is 11.8 Å². The molecule has 0 spiro atoms. The van der Waals surface area contributed by atoms with Crippen LogP contribution in [-0.4, -0.2) is 17.7 Å². The van der Waals surface area contributed by atoms with Crippen molar-refractivity contribution in [2.75, 3.05) is 6.61 Å². The van der Waals surface area contributed by atoms with Gasteiger partial charge in [-0.1, -0.05) is 0 Å². The minimum absolute atomic E-state index is 0.0709. The van der Waals surface area contributed by atoms with Crippen LogP contribution in [0.25, 0.3) is 5.70 Å². The predicted molar refractivity (Wildman–Crippen MR) is 72.9 cm³/mol. The van der Waals surface area contributed by atoms with E-state index in [0.717, 1.165) is 0 Å². The van der Waals surface area contributed by atoms with E-state index in [1.165, 1.54) is 0 Å². The molecule has 20 heavy (non-hydrogen) atoms. The van der Waals surface area contributed by atoms with Crippen LogP contribution in [0.1, 0.15) is 18.4 Å². The quantitative estimate of drug-likeness (QED) is 0.247. The zero-order valence-corrected chi connectivity index (χ0v) is 10.8. The van der Waals surface area contributed by atoms with Crippen LogP contribution in [0, 0.1) is 11.3 Å². The minimum Gasteiger partial charge on any atom is -0.494 e. The number of benzene rings is 1. The summed E-state index contributed by atoms with van der Waals surface area (Å²) in [6.07, 6.45) is 0.510. The fourth-order valence-corrected chi connectivity index (χ4v) is 1.46. The second-order valence-electron chi connectivity index (χ2n) is 3.91. The van der Waals surface area contributed by atoms with E-state index < -0.39 is 5.97 Å². The average molecular weight is 276 g/mol. The van der Waals surface area contributed by atoms with E-state index in [2.05, 4.69) is 5.43 Å². The number of nitriles is 1. The smallest absolute Gasteiger partial charge is 0.303 e. The SMILES string of the molecule is N#C/C(NN)=C(/N)c1ccc(OCCCC(=O)O)cc1. The molecule has 1 aromatic rings. The zero-order chi connectivity index (χ0) is 15.0. The Labute approximate surface area is 116 Å². The molecule has 0 aliphatic rings. The molecule has 1 aromatic carbocycles. The lowest BCUT2D eigenvalue weighted by molar-refractivity contribution is -0.137. The average Bonchev–Trinajstić information content (AvgIpc) is 2.45. The maximum absolute atomic E-state index is 10.3. The lowest BCUT2D eigenvalue weighted by atomic mass is 10.1. The number of hydrazine groups is 1. The van der Waals surface area contributed by atoms with Crippen LogP contribution in [0.5, 0.6) is 5.75 Å². The zero-order valence-electron chi connectivity index (χ0n) is 10.8. The molecular weight excluding hydrogens is 260 g/mol. The summed E-state index contributed by atoms with van der Waals surface area (Å²) in [5, 5.41) is 17.3. The summed E-state index contributed by atoms with van der Waals surface area (Å²) in [4.78, 5) is 10.3. The molecule has 0 heterocycles. The number of hydrogen-bond donors (Lipinski definition) is 4. The molecule has 0 fully saturated rings. The van der Waals surface area contributed by atoms with Crippen molar-refractivity contribution in [1.82, 2.24) is 5.43 Å². The van der Waals surface area contributed by atoms with Gasteiger partial charge in [0.15, 0.2) is 5.70 Å². The van der Waals surface area contributed by atoms with Crippen LogP contribution >= 0.6 is 0 Å². The van der Waals surface area contributed by atoms with Gasteiger partial charge in [0.05, 0.1) is 12.3 Å². The first-order valence-electron chi connectivity index (χ1n) is 5.90. The summed E-state index contributed by atoms with van der Waals surface area (Å²) >= 11 is 0. The van der Waals surface area contributed by atoms with Gasteiger partial charge in [-0.2, -0.15) is 5.26 Å². The minimum atomic E-state index is -0.847. The van der Waals surface area contributed by atoms with Crippen molar-refractivity contribution in [2.24, 2.45) is 11.6 Å². The third kappa shape index (κ3) is 4.51. The maximum atomic E-state index is 10.3. The Morgan fingerprint density at radius 1 is 1.40 bits per heavy atom. The van der Waals surface area contributed by atoms with Crippen LogP contribution in [0.2, 0.25) is 0 Å². The molecule has 0 bridgehead atoms. The van der Waals surface area contributed by atoms with E-state index in [4.69, 9.17) is 26.7 Å². The van der Waals surface area contributed by atoms with Crippen LogP contribution in [0.4, 0.5) is 0 Å². The van der Waals surface area contributed by atoms with Gasteiger partial charge in [-0.15, -0.1) is 0 Å². The van der Waals surface area contributed by atoms with E-state index in [1.54, 1.807) is 24.3 Å². The Morgan fingerprint density at radius 3 is 2.55 bits per heavy atom. The molecule has 6 N–H and O–H groups in total. The van der Waals surface area contributed by atoms with Crippen molar-refractivity contribution in [1.29, 1.82) is 5.26 Å². The van der Waals surface area contributed by atoms with Crippen molar-refractivity contribution in [2.45, 2.75) is 12.8 Å². The monoisotopic (exact) mass is 276 g/mol. The number of allylic oxidation sites excluding steroid dienone is 1. The second-order valence-corrected chi connectivity index (χ2v) is 3.91. The van der Waals surface area contributed by atoms with E-state index in [-0.39, 0.29) is 17.8 Å². The second kappa shape index (κ2) is 7.66. The highest BCUT2D eigenvalue weighted by atomic mass is 16.5. The lowest BCUT2D eigenvalue weighted by Gasteiger charge is -2.08. The van der Waals surface area contributed by atoms with Gasteiger partial charge in [0.25, 0.3) is 0 Å². The van der Waals surface area contributed by atoms with Crippen LogP contribution in [-0.2, 0) is 4.79 Å². The molecule has 106 valence electrons. The molecule has 0 radical (unpaired) electrons. The van der Waals surface area contributed by atoms with E-state index in [0.29, 0.717) is 24.3 Å². The summed E-state index contributed by atoms with van der Waals surface area (Å²) in [5.74, 6) is 4.93. The topological polar surface area (TPSA) is 134 Å². The normalized spacial score (nSPS) is 11.2. The Kier molecular flexibility index (Phi) is 5.87. The molecule has 0 amide bonds. The highest BCUT2D eigenvalue weighted by Crippen LogP contribution is 2.17. The van der Waals surface area contributed by atoms with Crippen LogP contribution < -0.4 is 21.7 Å². The van der Waals surface area contributed by atoms with Gasteiger partial charge in [-0.25, -0.2) is 5.84 Å². The molecule has 0 aliphatic carbocycles. The molecule has 7 nitrogen and oxygen atoms in total. The Balaban J connectivity index is 2.63. The fourth-order valence-electron chi connectivity index (χ4n) is 1.46. The summed E-state index contributed by atoms with van der Waals surface area (Å²) in [5.41, 5.74) is 8.96. The number of nitrogens with one attached hydrogen (secondary N) is 1. The first-order chi connectivity index (χ1) is 9.58. The van der Waals surface area contributed by atoms with Crippen molar-refractivity contribution < 1.29 is 14.6 Å². The van der Waals surface area contributed by atoms with Crippen LogP contribution in [0.3, 0.4) is 0 Å². The molecule has 0 aliphatic heterocycles. The van der Waals surface area contributed by atoms with E-state index in [9.17, 15) is 4.79 Å². The van der Waals surface area contributed by atoms with Crippen molar-refractivity contribution in [3.8, 4) is 11.8 Å². The standard InChI is InChI=1S/C13H16N4O3/c14-8-11(17-16)13(15)9-3-5-10(6-4-9)20-7-1-2-12(18)19/h3-6,17H,1-2,7,15-16H2,(H,18,19)/b13-11-. The Morgan fingerprint density at radius 2 is 2.05 bits per heavy atom. The Hall–Kier alpha value is -2.72. The number of carbonyl (C=O) groups is 1. The summed E-state index contributed by atoms with van der Waals surface area (Å²) < 4.78 is 5.38. The molecule has 0 aromatic heterocycles. The van der Waals surface area contributed by atoms with Gasteiger partial charge >= 0.3 is 5.97 Å². The maximum Gasteiger partial charge on any atom is 0.303 e. The van der Waals surface area contributed by atoms with Gasteiger partial charge in [0, 0.05) is 12.0 Å². The highest BCUT2D eigenvalue weighted by Gasteiger charge is 2.04. The first-order valence-corrected chi connectivity index (χ1v) is 5.90. The van der Waals surface area contributed by atoms with Crippen LogP contribution in [0.15, 0.2) is 30.0 Å². The van der Waals surface area contributed by atoms with E-state index >= 15 is 0 Å². The van der Waals surface area contributed by atoms with E-state index in [1.807, 2.05) is 6.07 Å². The van der Waals surface area contributed by atoms with Crippen molar-refractivity contribution in [3.63, 3.8) is 0 Å². The number of ether oxygens (including phenoxy) is 1. The number of rotatable bonds is 7. The van der Waals surface area contributed by atoms with Gasteiger partial charge < -0.3 is 21.0 Å². The molecule has 0 unspecified atom stereocenters. The number of nitrogens with zero attached hydrogens (tertiary/aromatic N) is 1. The number of carboxylic acids is 1. The third-order valence-electron chi connectivity index (χ3n) is 2.49.